The molecule has 0 aliphatic heterocycles. The first-order chi connectivity index (χ1) is 8.49. The van der Waals surface area contributed by atoms with Crippen LogP contribution in [0.5, 0.6) is 0 Å². The van der Waals surface area contributed by atoms with Gasteiger partial charge in [-0.1, -0.05) is 23.7 Å². The maximum atomic E-state index is 13.7. The van der Waals surface area contributed by atoms with E-state index in [0.717, 1.165) is 10.8 Å². The summed E-state index contributed by atoms with van der Waals surface area (Å²) >= 11 is 5.60. The van der Waals surface area contributed by atoms with Crippen molar-refractivity contribution in [1.29, 1.82) is 0 Å². The second-order valence-electron chi connectivity index (χ2n) is 3.68. The fraction of sp³-hybridized carbons (Fsp3) is 0.0909. The number of anilines is 1. The van der Waals surface area contributed by atoms with E-state index in [1.165, 1.54) is 12.1 Å². The van der Waals surface area contributed by atoms with E-state index in [4.69, 9.17) is 17.3 Å². The first kappa shape index (κ1) is 12.4. The smallest absolute Gasteiger partial charge is 0.328 e. The molecule has 0 unspecified atom stereocenters. The first-order valence-corrected chi connectivity index (χ1v) is 5.39. The minimum absolute atomic E-state index is 0.00364. The van der Waals surface area contributed by atoms with Crippen LogP contribution in [0.4, 0.5) is 10.1 Å². The van der Waals surface area contributed by atoms with E-state index in [9.17, 15) is 14.0 Å². The molecule has 1 heterocycles. The maximum Gasteiger partial charge on any atom is 0.328 e. The third kappa shape index (κ3) is 2.28. The molecule has 0 saturated heterocycles. The Balaban J connectivity index is 2.47. The molecule has 7 heteroatoms. The zero-order chi connectivity index (χ0) is 13.3. The summed E-state index contributed by atoms with van der Waals surface area (Å²) in [7, 11) is 0. The quantitative estimate of drug-likeness (QED) is 0.797. The van der Waals surface area contributed by atoms with Gasteiger partial charge in [0.25, 0.3) is 5.56 Å². The minimum atomic E-state index is -0.675. The standard InChI is InChI=1S/C11H9ClFN3O2/c12-7-5-16(11(18)15-10(7)17)4-6-2-1-3-8(14)9(6)13/h1-3,5H,4,14H2,(H,15,17,18). The Labute approximate surface area is 106 Å². The van der Waals surface area contributed by atoms with Crippen molar-refractivity contribution in [2.24, 2.45) is 0 Å². The molecule has 0 atom stereocenters. The third-order valence-electron chi connectivity index (χ3n) is 2.42. The molecule has 0 aliphatic carbocycles. The zero-order valence-corrected chi connectivity index (χ0v) is 9.87. The van der Waals surface area contributed by atoms with Crippen molar-refractivity contribution in [3.63, 3.8) is 0 Å². The number of rotatable bonds is 2. The van der Waals surface area contributed by atoms with E-state index in [1.807, 2.05) is 4.98 Å². The Morgan fingerprint density at radius 3 is 2.83 bits per heavy atom. The summed E-state index contributed by atoms with van der Waals surface area (Å²) in [5, 5.41) is -0.140. The highest BCUT2D eigenvalue weighted by molar-refractivity contribution is 6.30. The fourth-order valence-corrected chi connectivity index (χ4v) is 1.67. The lowest BCUT2D eigenvalue weighted by molar-refractivity contribution is 0.597. The summed E-state index contributed by atoms with van der Waals surface area (Å²) in [4.78, 5) is 24.6. The van der Waals surface area contributed by atoms with Gasteiger partial charge in [0.2, 0.25) is 0 Å². The first-order valence-electron chi connectivity index (χ1n) is 5.01. The molecule has 2 aromatic rings. The van der Waals surface area contributed by atoms with Crippen molar-refractivity contribution in [2.45, 2.75) is 6.54 Å². The molecule has 3 N–H and O–H groups in total. The molecule has 1 aromatic heterocycles. The zero-order valence-electron chi connectivity index (χ0n) is 9.11. The summed E-state index contributed by atoms with van der Waals surface area (Å²) in [5.74, 6) is -0.591. The molecule has 1 aromatic carbocycles. The summed E-state index contributed by atoms with van der Waals surface area (Å²) < 4.78 is 14.8. The monoisotopic (exact) mass is 269 g/mol. The van der Waals surface area contributed by atoms with Crippen LogP contribution in [0.15, 0.2) is 34.0 Å². The van der Waals surface area contributed by atoms with Gasteiger partial charge < -0.3 is 5.73 Å². The van der Waals surface area contributed by atoms with Gasteiger partial charge in [-0.05, 0) is 6.07 Å². The number of benzene rings is 1. The van der Waals surface area contributed by atoms with Crippen LogP contribution in [0, 0.1) is 5.82 Å². The molecule has 0 radical (unpaired) electrons. The lowest BCUT2D eigenvalue weighted by Gasteiger charge is -2.07. The van der Waals surface area contributed by atoms with E-state index in [2.05, 4.69) is 0 Å². The maximum absolute atomic E-state index is 13.7. The largest absolute Gasteiger partial charge is 0.396 e. The number of halogens is 2. The fourth-order valence-electron chi connectivity index (χ4n) is 1.51. The molecule has 0 saturated carbocycles. The van der Waals surface area contributed by atoms with Crippen molar-refractivity contribution in [2.75, 3.05) is 5.73 Å². The molecule has 0 amide bonds. The molecular weight excluding hydrogens is 261 g/mol. The summed E-state index contributed by atoms with van der Waals surface area (Å²) in [6.07, 6.45) is 1.16. The van der Waals surface area contributed by atoms with E-state index < -0.39 is 17.1 Å². The molecule has 0 bridgehead atoms. The second kappa shape index (κ2) is 4.66. The van der Waals surface area contributed by atoms with Gasteiger partial charge in [0, 0.05) is 11.8 Å². The van der Waals surface area contributed by atoms with Gasteiger partial charge in [0.1, 0.15) is 5.02 Å². The number of H-pyrrole nitrogens is 1. The molecule has 94 valence electrons. The Kier molecular flexibility index (Phi) is 3.20. The molecular formula is C11H9ClFN3O2. The van der Waals surface area contributed by atoms with Crippen LogP contribution in [0.1, 0.15) is 5.56 Å². The van der Waals surface area contributed by atoms with Crippen LogP contribution in [-0.2, 0) is 6.54 Å². The van der Waals surface area contributed by atoms with Gasteiger partial charge in [0.05, 0.1) is 12.2 Å². The topological polar surface area (TPSA) is 80.9 Å². The Morgan fingerprint density at radius 1 is 1.39 bits per heavy atom. The van der Waals surface area contributed by atoms with Crippen molar-refractivity contribution in [1.82, 2.24) is 9.55 Å². The predicted molar refractivity (Wildman–Crippen MR) is 66.2 cm³/mol. The van der Waals surface area contributed by atoms with Crippen LogP contribution < -0.4 is 17.0 Å². The van der Waals surface area contributed by atoms with Crippen LogP contribution in [0.3, 0.4) is 0 Å². The van der Waals surface area contributed by atoms with Crippen LogP contribution in [0.25, 0.3) is 0 Å². The third-order valence-corrected chi connectivity index (χ3v) is 2.69. The predicted octanol–water partition coefficient (Wildman–Crippen LogP) is 0.960. The van der Waals surface area contributed by atoms with Crippen LogP contribution in [-0.4, -0.2) is 9.55 Å². The van der Waals surface area contributed by atoms with Crippen LogP contribution >= 0.6 is 11.6 Å². The Hall–Kier alpha value is -2.08. The number of hydrogen-bond acceptors (Lipinski definition) is 3. The number of nitrogens with two attached hydrogens (primary N) is 1. The SMILES string of the molecule is Nc1cccc(Cn2cc(Cl)c(=O)[nH]c2=O)c1F. The molecule has 18 heavy (non-hydrogen) atoms. The van der Waals surface area contributed by atoms with Crippen molar-refractivity contribution >= 4 is 17.3 Å². The molecule has 5 nitrogen and oxygen atoms in total. The van der Waals surface area contributed by atoms with E-state index in [0.29, 0.717) is 0 Å². The highest BCUT2D eigenvalue weighted by Gasteiger charge is 2.08. The summed E-state index contributed by atoms with van der Waals surface area (Å²) in [6, 6.07) is 4.49. The van der Waals surface area contributed by atoms with E-state index in [-0.39, 0.29) is 22.8 Å². The van der Waals surface area contributed by atoms with Crippen molar-refractivity contribution in [3.8, 4) is 0 Å². The Morgan fingerprint density at radius 2 is 2.11 bits per heavy atom. The number of hydrogen-bond donors (Lipinski definition) is 2. The van der Waals surface area contributed by atoms with Gasteiger partial charge >= 0.3 is 5.69 Å². The van der Waals surface area contributed by atoms with Gasteiger partial charge in [-0.15, -0.1) is 0 Å². The molecule has 2 rings (SSSR count). The number of aromatic nitrogens is 2. The van der Waals surface area contributed by atoms with Crippen molar-refractivity contribution in [3.05, 3.63) is 61.6 Å². The second-order valence-corrected chi connectivity index (χ2v) is 4.09. The summed E-state index contributed by atoms with van der Waals surface area (Å²) in [5.41, 5.74) is 4.32. The Bertz CT molecular complexity index is 708. The summed E-state index contributed by atoms with van der Waals surface area (Å²) in [6.45, 7) is -0.0633. The molecule has 0 spiro atoms. The highest BCUT2D eigenvalue weighted by atomic mass is 35.5. The number of nitrogens with zero attached hydrogens (tertiary/aromatic N) is 1. The van der Waals surface area contributed by atoms with Gasteiger partial charge in [-0.25, -0.2) is 9.18 Å². The highest BCUT2D eigenvalue weighted by Crippen LogP contribution is 2.15. The molecule has 0 aliphatic rings. The van der Waals surface area contributed by atoms with Gasteiger partial charge in [0.15, 0.2) is 5.82 Å². The van der Waals surface area contributed by atoms with Crippen molar-refractivity contribution < 1.29 is 4.39 Å². The minimum Gasteiger partial charge on any atom is -0.396 e. The number of nitrogen functional groups attached to an aromatic ring is 1. The van der Waals surface area contributed by atoms with Crippen LogP contribution in [0.2, 0.25) is 5.02 Å². The normalized spacial score (nSPS) is 10.6. The van der Waals surface area contributed by atoms with Gasteiger partial charge in [-0.3, -0.25) is 14.3 Å². The van der Waals surface area contributed by atoms with Gasteiger partial charge in [-0.2, -0.15) is 0 Å². The number of nitrogens with one attached hydrogen (secondary N) is 1. The average Bonchev–Trinajstić information content (AvgIpc) is 2.32. The average molecular weight is 270 g/mol. The number of aromatic amines is 1. The van der Waals surface area contributed by atoms with E-state index in [1.54, 1.807) is 6.07 Å². The molecule has 0 fully saturated rings. The van der Waals surface area contributed by atoms with E-state index >= 15 is 0 Å². The lowest BCUT2D eigenvalue weighted by atomic mass is 10.2. The lowest BCUT2D eigenvalue weighted by Crippen LogP contribution is -2.30.